The minimum absolute atomic E-state index is 0.334. The molecule has 0 bridgehead atoms. The van der Waals surface area contributed by atoms with Gasteiger partial charge in [-0.25, -0.2) is 8.78 Å². The lowest BCUT2D eigenvalue weighted by atomic mass is 9.96. The van der Waals surface area contributed by atoms with E-state index in [1.165, 1.54) is 17.7 Å². The van der Waals surface area contributed by atoms with Crippen molar-refractivity contribution in [2.75, 3.05) is 7.05 Å². The topological polar surface area (TPSA) is 12.0 Å². The number of hydrogen-bond donors (Lipinski definition) is 1. The van der Waals surface area contributed by atoms with E-state index in [4.69, 9.17) is 0 Å². The summed E-state index contributed by atoms with van der Waals surface area (Å²) in [6.45, 7) is 2.12. The molecule has 2 rings (SSSR count). The van der Waals surface area contributed by atoms with Crippen LogP contribution in [-0.2, 0) is 6.42 Å². The molecule has 1 atom stereocenters. The average Bonchev–Trinajstić information content (AvgIpc) is 2.44. The molecule has 2 aromatic carbocycles. The van der Waals surface area contributed by atoms with Crippen molar-refractivity contribution in [3.05, 3.63) is 70.8 Å². The number of rotatable bonds is 5. The molecule has 1 nitrogen and oxygen atoms in total. The molecule has 0 aliphatic rings. The van der Waals surface area contributed by atoms with Gasteiger partial charge in [0.25, 0.3) is 0 Å². The molecule has 106 valence electrons. The fourth-order valence-corrected chi connectivity index (χ4v) is 2.45. The largest absolute Gasteiger partial charge is 0.309 e. The Kier molecular flexibility index (Phi) is 4.85. The lowest BCUT2D eigenvalue weighted by Gasteiger charge is -2.19. The van der Waals surface area contributed by atoms with Gasteiger partial charge in [0.2, 0.25) is 0 Å². The molecule has 0 aromatic heterocycles. The van der Waals surface area contributed by atoms with Crippen molar-refractivity contribution in [1.82, 2.24) is 5.32 Å². The van der Waals surface area contributed by atoms with Crippen LogP contribution in [0.4, 0.5) is 8.78 Å². The summed E-state index contributed by atoms with van der Waals surface area (Å²) in [5.74, 6) is -0.821. The van der Waals surface area contributed by atoms with Crippen molar-refractivity contribution < 1.29 is 8.78 Å². The summed E-state index contributed by atoms with van der Waals surface area (Å²) in [6, 6.07) is 11.2. The van der Waals surface area contributed by atoms with E-state index in [1.54, 1.807) is 7.05 Å². The summed E-state index contributed by atoms with van der Waals surface area (Å²) in [5.41, 5.74) is 2.49. The standard InChI is InChI=1S/C17H19F2N/c1-3-5-12-6-4-7-13(10-12)17(20-2)15-11-14(18)8-9-16(15)19/h4,6-11,17,20H,3,5H2,1-2H3. The highest BCUT2D eigenvalue weighted by atomic mass is 19.1. The first kappa shape index (κ1) is 14.7. The Hall–Kier alpha value is -1.74. The van der Waals surface area contributed by atoms with Gasteiger partial charge in [0.1, 0.15) is 11.6 Å². The van der Waals surface area contributed by atoms with Crippen LogP contribution < -0.4 is 5.32 Å². The third-order valence-corrected chi connectivity index (χ3v) is 3.38. The van der Waals surface area contributed by atoms with Crippen LogP contribution in [0.1, 0.15) is 36.1 Å². The summed E-state index contributed by atoms with van der Waals surface area (Å²) in [5, 5.41) is 3.07. The Bertz CT molecular complexity index is 581. The van der Waals surface area contributed by atoms with E-state index in [-0.39, 0.29) is 6.04 Å². The van der Waals surface area contributed by atoms with Crippen molar-refractivity contribution in [3.63, 3.8) is 0 Å². The minimum Gasteiger partial charge on any atom is -0.309 e. The van der Waals surface area contributed by atoms with E-state index in [0.717, 1.165) is 24.5 Å². The fourth-order valence-electron chi connectivity index (χ4n) is 2.45. The Morgan fingerprint density at radius 3 is 2.60 bits per heavy atom. The van der Waals surface area contributed by atoms with Gasteiger partial charge in [-0.3, -0.25) is 0 Å². The molecule has 0 fully saturated rings. The van der Waals surface area contributed by atoms with Crippen molar-refractivity contribution in [2.24, 2.45) is 0 Å². The first-order valence-electron chi connectivity index (χ1n) is 6.86. The van der Waals surface area contributed by atoms with Crippen LogP contribution in [0.5, 0.6) is 0 Å². The van der Waals surface area contributed by atoms with Crippen molar-refractivity contribution in [3.8, 4) is 0 Å². The zero-order valence-electron chi connectivity index (χ0n) is 11.8. The Labute approximate surface area is 118 Å². The molecular weight excluding hydrogens is 256 g/mol. The van der Waals surface area contributed by atoms with Crippen molar-refractivity contribution in [2.45, 2.75) is 25.8 Å². The average molecular weight is 275 g/mol. The molecule has 0 saturated carbocycles. The van der Waals surface area contributed by atoms with Crippen molar-refractivity contribution in [1.29, 1.82) is 0 Å². The third kappa shape index (κ3) is 3.23. The minimum atomic E-state index is -0.425. The van der Waals surface area contributed by atoms with E-state index in [2.05, 4.69) is 24.4 Å². The third-order valence-electron chi connectivity index (χ3n) is 3.38. The van der Waals surface area contributed by atoms with Crippen LogP contribution in [0.25, 0.3) is 0 Å². The Morgan fingerprint density at radius 1 is 1.10 bits per heavy atom. The fraction of sp³-hybridized carbons (Fsp3) is 0.294. The van der Waals surface area contributed by atoms with Gasteiger partial charge in [0, 0.05) is 5.56 Å². The molecule has 0 spiro atoms. The maximum Gasteiger partial charge on any atom is 0.128 e. The summed E-state index contributed by atoms with van der Waals surface area (Å²) < 4.78 is 27.3. The second-order valence-corrected chi connectivity index (χ2v) is 4.88. The molecule has 3 heteroatoms. The van der Waals surface area contributed by atoms with Gasteiger partial charge in [0.05, 0.1) is 6.04 Å². The number of aryl methyl sites for hydroxylation is 1. The van der Waals surface area contributed by atoms with E-state index in [0.29, 0.717) is 5.56 Å². The Morgan fingerprint density at radius 2 is 1.90 bits per heavy atom. The van der Waals surface area contributed by atoms with Crippen LogP contribution in [0, 0.1) is 11.6 Å². The molecule has 20 heavy (non-hydrogen) atoms. The number of nitrogens with one attached hydrogen (secondary N) is 1. The predicted octanol–water partition coefficient (Wildman–Crippen LogP) is 4.23. The van der Waals surface area contributed by atoms with E-state index in [1.807, 2.05) is 12.1 Å². The van der Waals surface area contributed by atoms with Gasteiger partial charge in [-0.15, -0.1) is 0 Å². The van der Waals surface area contributed by atoms with Gasteiger partial charge in [0.15, 0.2) is 0 Å². The Balaban J connectivity index is 2.41. The maximum atomic E-state index is 13.9. The molecule has 1 N–H and O–H groups in total. The van der Waals surface area contributed by atoms with Crippen LogP contribution in [0.3, 0.4) is 0 Å². The monoisotopic (exact) mass is 275 g/mol. The molecule has 0 amide bonds. The van der Waals surface area contributed by atoms with Crippen LogP contribution in [0.2, 0.25) is 0 Å². The van der Waals surface area contributed by atoms with Gasteiger partial charge in [-0.05, 0) is 42.8 Å². The number of benzene rings is 2. The zero-order valence-corrected chi connectivity index (χ0v) is 11.8. The van der Waals surface area contributed by atoms with Gasteiger partial charge in [-0.1, -0.05) is 37.6 Å². The normalized spacial score (nSPS) is 12.4. The molecule has 0 aliphatic heterocycles. The summed E-state index contributed by atoms with van der Waals surface area (Å²) in [4.78, 5) is 0. The van der Waals surface area contributed by atoms with E-state index in [9.17, 15) is 8.78 Å². The zero-order chi connectivity index (χ0) is 14.5. The maximum absolute atomic E-state index is 13.9. The first-order chi connectivity index (χ1) is 9.65. The molecule has 0 aliphatic carbocycles. The van der Waals surface area contributed by atoms with Gasteiger partial charge >= 0.3 is 0 Å². The molecular formula is C17H19F2N. The van der Waals surface area contributed by atoms with E-state index >= 15 is 0 Å². The SMILES string of the molecule is CCCc1cccc(C(NC)c2cc(F)ccc2F)c1. The first-order valence-corrected chi connectivity index (χ1v) is 6.86. The van der Waals surface area contributed by atoms with Gasteiger partial charge in [-0.2, -0.15) is 0 Å². The lowest BCUT2D eigenvalue weighted by molar-refractivity contribution is 0.558. The quantitative estimate of drug-likeness (QED) is 0.861. The smallest absolute Gasteiger partial charge is 0.128 e. The number of halogens is 2. The molecule has 0 saturated heterocycles. The predicted molar refractivity (Wildman–Crippen MR) is 77.7 cm³/mol. The molecule has 1 unspecified atom stereocenters. The second-order valence-electron chi connectivity index (χ2n) is 4.88. The highest BCUT2D eigenvalue weighted by molar-refractivity contribution is 5.35. The molecule has 2 aromatic rings. The summed E-state index contributed by atoms with van der Waals surface area (Å²) in [7, 11) is 1.75. The summed E-state index contributed by atoms with van der Waals surface area (Å²) >= 11 is 0. The van der Waals surface area contributed by atoms with Crippen molar-refractivity contribution >= 4 is 0 Å². The molecule has 0 heterocycles. The summed E-state index contributed by atoms with van der Waals surface area (Å²) in [6.07, 6.45) is 2.04. The van der Waals surface area contributed by atoms with Crippen LogP contribution in [0.15, 0.2) is 42.5 Å². The highest BCUT2D eigenvalue weighted by Crippen LogP contribution is 2.25. The molecule has 0 radical (unpaired) electrons. The van der Waals surface area contributed by atoms with Crippen LogP contribution >= 0.6 is 0 Å². The highest BCUT2D eigenvalue weighted by Gasteiger charge is 2.17. The lowest BCUT2D eigenvalue weighted by Crippen LogP contribution is -2.19. The number of hydrogen-bond acceptors (Lipinski definition) is 1. The second kappa shape index (κ2) is 6.62. The van der Waals surface area contributed by atoms with Crippen LogP contribution in [-0.4, -0.2) is 7.05 Å². The van der Waals surface area contributed by atoms with Gasteiger partial charge < -0.3 is 5.32 Å². The van der Waals surface area contributed by atoms with E-state index < -0.39 is 11.6 Å².